The van der Waals surface area contributed by atoms with Gasteiger partial charge in [0, 0.05) is 18.4 Å². The van der Waals surface area contributed by atoms with Crippen molar-refractivity contribution in [3.05, 3.63) is 23.8 Å². The van der Waals surface area contributed by atoms with Crippen molar-refractivity contribution < 1.29 is 19.8 Å². The molecule has 16 heavy (non-hydrogen) atoms. The van der Waals surface area contributed by atoms with Crippen LogP contribution in [0.15, 0.2) is 18.2 Å². The fourth-order valence-corrected chi connectivity index (χ4v) is 1.27. The van der Waals surface area contributed by atoms with Crippen molar-refractivity contribution in [1.29, 1.82) is 0 Å². The first kappa shape index (κ1) is 12.0. The van der Waals surface area contributed by atoms with E-state index in [2.05, 4.69) is 0 Å². The number of aliphatic carboxylic acids is 1. The van der Waals surface area contributed by atoms with Crippen molar-refractivity contribution in [2.45, 2.75) is 19.3 Å². The molecule has 0 amide bonds. The molecule has 0 aliphatic heterocycles. The van der Waals surface area contributed by atoms with Crippen LogP contribution >= 0.6 is 0 Å². The molecule has 0 heterocycles. The van der Waals surface area contributed by atoms with Crippen molar-refractivity contribution in [2.24, 2.45) is 0 Å². The molecule has 1 aromatic rings. The Labute approximate surface area is 92.5 Å². The Morgan fingerprint density at radius 1 is 1.25 bits per heavy atom. The predicted octanol–water partition coefficient (Wildman–Crippen LogP) is 1.41. The van der Waals surface area contributed by atoms with Crippen LogP contribution < -0.4 is 5.73 Å². The fraction of sp³-hybridized carbons (Fsp3) is 0.273. The number of phenols is 1. The highest BCUT2D eigenvalue weighted by atomic mass is 16.4. The molecule has 1 aromatic carbocycles. The van der Waals surface area contributed by atoms with E-state index in [9.17, 15) is 9.59 Å². The lowest BCUT2D eigenvalue weighted by Crippen LogP contribution is -2.02. The number of nitrogens with two attached hydrogens (primary N) is 1. The lowest BCUT2D eigenvalue weighted by atomic mass is 10.0. The first-order valence-electron chi connectivity index (χ1n) is 4.84. The van der Waals surface area contributed by atoms with E-state index in [1.807, 2.05) is 0 Å². The van der Waals surface area contributed by atoms with Gasteiger partial charge in [0.15, 0.2) is 5.78 Å². The lowest BCUT2D eigenvalue weighted by molar-refractivity contribution is -0.137. The van der Waals surface area contributed by atoms with Crippen LogP contribution in [0.2, 0.25) is 0 Å². The Morgan fingerprint density at radius 2 is 1.94 bits per heavy atom. The Kier molecular flexibility index (Phi) is 3.88. The number of nitrogen functional groups attached to an aromatic ring is 1. The van der Waals surface area contributed by atoms with E-state index in [1.165, 1.54) is 18.2 Å². The molecule has 0 aromatic heterocycles. The molecule has 0 unspecified atom stereocenters. The summed E-state index contributed by atoms with van der Waals surface area (Å²) in [7, 11) is 0. The van der Waals surface area contributed by atoms with Gasteiger partial charge in [-0.3, -0.25) is 9.59 Å². The van der Waals surface area contributed by atoms with E-state index in [0.717, 1.165) is 0 Å². The Bertz CT molecular complexity index is 414. The number of benzene rings is 1. The molecule has 0 aliphatic carbocycles. The van der Waals surface area contributed by atoms with Gasteiger partial charge in [-0.05, 0) is 24.6 Å². The highest BCUT2D eigenvalue weighted by Gasteiger charge is 2.08. The maximum Gasteiger partial charge on any atom is 0.303 e. The topological polar surface area (TPSA) is 101 Å². The molecule has 5 nitrogen and oxygen atoms in total. The third-order valence-corrected chi connectivity index (χ3v) is 2.14. The van der Waals surface area contributed by atoms with Crippen LogP contribution in [0.25, 0.3) is 0 Å². The van der Waals surface area contributed by atoms with Gasteiger partial charge in [0.2, 0.25) is 0 Å². The molecule has 4 N–H and O–H groups in total. The zero-order chi connectivity index (χ0) is 12.1. The van der Waals surface area contributed by atoms with Crippen LogP contribution in [0, 0.1) is 0 Å². The molecule has 0 aliphatic rings. The number of anilines is 1. The number of Topliss-reactive ketones (excluding diaryl/α,β-unsaturated/α-hetero) is 1. The van der Waals surface area contributed by atoms with Crippen molar-refractivity contribution in [3.63, 3.8) is 0 Å². The third kappa shape index (κ3) is 3.27. The molecule has 0 spiro atoms. The number of carbonyl (C=O) groups excluding carboxylic acids is 1. The second-order valence-electron chi connectivity index (χ2n) is 3.44. The zero-order valence-corrected chi connectivity index (χ0v) is 8.64. The van der Waals surface area contributed by atoms with Crippen LogP contribution in [0.5, 0.6) is 5.75 Å². The van der Waals surface area contributed by atoms with Gasteiger partial charge in [-0.1, -0.05) is 0 Å². The monoisotopic (exact) mass is 223 g/mol. The smallest absolute Gasteiger partial charge is 0.303 e. The highest BCUT2D eigenvalue weighted by molar-refractivity contribution is 5.97. The number of carboxylic acid groups (broad SMARTS) is 1. The quantitative estimate of drug-likeness (QED) is 0.398. The molecular weight excluding hydrogens is 210 g/mol. The summed E-state index contributed by atoms with van der Waals surface area (Å²) in [4.78, 5) is 21.8. The number of ketones is 1. The van der Waals surface area contributed by atoms with Gasteiger partial charge in [-0.25, -0.2) is 0 Å². The van der Waals surface area contributed by atoms with E-state index in [1.54, 1.807) is 0 Å². The van der Waals surface area contributed by atoms with Crippen molar-refractivity contribution >= 4 is 17.4 Å². The summed E-state index contributed by atoms with van der Waals surface area (Å²) in [5, 5.41) is 17.6. The molecule has 0 radical (unpaired) electrons. The minimum absolute atomic E-state index is 0.0285. The van der Waals surface area contributed by atoms with E-state index in [0.29, 0.717) is 12.0 Å². The highest BCUT2D eigenvalue weighted by Crippen LogP contribution is 2.21. The van der Waals surface area contributed by atoms with Gasteiger partial charge in [0.05, 0.1) is 5.69 Å². The van der Waals surface area contributed by atoms with Crippen molar-refractivity contribution in [1.82, 2.24) is 0 Å². The second-order valence-corrected chi connectivity index (χ2v) is 3.44. The first-order valence-corrected chi connectivity index (χ1v) is 4.84. The average molecular weight is 223 g/mol. The van der Waals surface area contributed by atoms with Crippen LogP contribution in [-0.4, -0.2) is 22.0 Å². The number of hydrogen-bond acceptors (Lipinski definition) is 4. The molecule has 0 bridgehead atoms. The van der Waals surface area contributed by atoms with Gasteiger partial charge >= 0.3 is 5.97 Å². The summed E-state index contributed by atoms with van der Waals surface area (Å²) in [6.45, 7) is 0. The summed E-state index contributed by atoms with van der Waals surface area (Å²) in [5.41, 5.74) is 5.97. The van der Waals surface area contributed by atoms with E-state index in [-0.39, 0.29) is 30.1 Å². The van der Waals surface area contributed by atoms with E-state index >= 15 is 0 Å². The number of carbonyl (C=O) groups is 2. The Balaban J connectivity index is 2.59. The van der Waals surface area contributed by atoms with Crippen LogP contribution in [0.4, 0.5) is 5.69 Å². The number of aromatic hydroxyl groups is 1. The largest absolute Gasteiger partial charge is 0.506 e. The summed E-state index contributed by atoms with van der Waals surface area (Å²) < 4.78 is 0. The van der Waals surface area contributed by atoms with Gasteiger partial charge in [0.25, 0.3) is 0 Å². The number of phenolic OH excluding ortho intramolecular Hbond substituents is 1. The van der Waals surface area contributed by atoms with Crippen LogP contribution in [0.3, 0.4) is 0 Å². The second kappa shape index (κ2) is 5.16. The molecule has 5 heteroatoms. The molecule has 0 fully saturated rings. The SMILES string of the molecule is Nc1cc(C(=O)CCCC(=O)O)ccc1O. The van der Waals surface area contributed by atoms with Gasteiger partial charge < -0.3 is 15.9 Å². The van der Waals surface area contributed by atoms with Crippen molar-refractivity contribution in [2.75, 3.05) is 5.73 Å². The van der Waals surface area contributed by atoms with Gasteiger partial charge in [-0.2, -0.15) is 0 Å². The molecule has 0 saturated carbocycles. The minimum Gasteiger partial charge on any atom is -0.506 e. The zero-order valence-electron chi connectivity index (χ0n) is 8.64. The van der Waals surface area contributed by atoms with Crippen LogP contribution in [0.1, 0.15) is 29.6 Å². The molecular formula is C11H13NO4. The van der Waals surface area contributed by atoms with E-state index < -0.39 is 5.97 Å². The molecule has 0 atom stereocenters. The number of rotatable bonds is 5. The molecule has 0 saturated heterocycles. The summed E-state index contributed by atoms with van der Waals surface area (Å²) >= 11 is 0. The Morgan fingerprint density at radius 3 is 2.50 bits per heavy atom. The van der Waals surface area contributed by atoms with Gasteiger partial charge in [0.1, 0.15) is 5.75 Å². The third-order valence-electron chi connectivity index (χ3n) is 2.14. The average Bonchev–Trinajstić information content (AvgIpc) is 2.21. The number of carboxylic acids is 1. The first-order chi connectivity index (χ1) is 7.50. The van der Waals surface area contributed by atoms with Crippen LogP contribution in [-0.2, 0) is 4.79 Å². The normalized spacial score (nSPS) is 10.0. The fourth-order valence-electron chi connectivity index (χ4n) is 1.27. The Hall–Kier alpha value is -2.04. The maximum atomic E-state index is 11.6. The predicted molar refractivity (Wildman–Crippen MR) is 58.3 cm³/mol. The van der Waals surface area contributed by atoms with E-state index in [4.69, 9.17) is 15.9 Å². The summed E-state index contributed by atoms with van der Waals surface area (Å²) in [6.07, 6.45) is 0.435. The summed E-state index contributed by atoms with van der Waals surface area (Å²) in [5.74, 6) is -1.16. The van der Waals surface area contributed by atoms with Gasteiger partial charge in [-0.15, -0.1) is 0 Å². The molecule has 1 rings (SSSR count). The maximum absolute atomic E-state index is 11.6. The lowest BCUT2D eigenvalue weighted by Gasteiger charge is -2.03. The standard InChI is InChI=1S/C11H13NO4/c12-8-6-7(4-5-10(8)14)9(13)2-1-3-11(15)16/h4-6,14H,1-3,12H2,(H,15,16). The van der Waals surface area contributed by atoms with Crippen molar-refractivity contribution in [3.8, 4) is 5.75 Å². The minimum atomic E-state index is -0.918. The summed E-state index contributed by atoms with van der Waals surface area (Å²) in [6, 6.07) is 4.20. The number of hydrogen-bond donors (Lipinski definition) is 3. The molecule has 86 valence electrons.